The summed E-state index contributed by atoms with van der Waals surface area (Å²) < 4.78 is 52.0. The number of rotatable bonds is 3. The Morgan fingerprint density at radius 3 is 2.19 bits per heavy atom. The van der Waals surface area contributed by atoms with Gasteiger partial charge in [-0.05, 0) is 43.7 Å². The van der Waals surface area contributed by atoms with E-state index in [4.69, 9.17) is 0 Å². The Morgan fingerprint density at radius 1 is 1.00 bits per heavy atom. The smallest absolute Gasteiger partial charge is 0.379 e. The molecule has 0 saturated heterocycles. The molecule has 1 atom stereocenters. The Morgan fingerprint density at radius 2 is 1.62 bits per heavy atom. The number of alkyl halides is 3. The number of nitrogens with one attached hydrogen (secondary N) is 1. The summed E-state index contributed by atoms with van der Waals surface area (Å²) in [6, 6.07) is 9.47. The van der Waals surface area contributed by atoms with Crippen molar-refractivity contribution in [2.75, 3.05) is 5.32 Å². The van der Waals surface area contributed by atoms with Crippen molar-refractivity contribution in [2.45, 2.75) is 26.1 Å². The van der Waals surface area contributed by atoms with Crippen molar-refractivity contribution in [3.63, 3.8) is 0 Å². The molecule has 0 spiro atoms. The van der Waals surface area contributed by atoms with E-state index in [0.29, 0.717) is 11.8 Å². The first kappa shape index (κ1) is 15.4. The Labute approximate surface area is 120 Å². The van der Waals surface area contributed by atoms with Crippen molar-refractivity contribution in [2.24, 2.45) is 0 Å². The molecule has 0 aliphatic heterocycles. The molecule has 0 unspecified atom stereocenters. The zero-order valence-electron chi connectivity index (χ0n) is 11.6. The lowest BCUT2D eigenvalue weighted by molar-refractivity contribution is -0.138. The van der Waals surface area contributed by atoms with E-state index in [2.05, 4.69) is 5.32 Å². The third-order valence-electron chi connectivity index (χ3n) is 3.22. The van der Waals surface area contributed by atoms with Crippen LogP contribution in [-0.4, -0.2) is 0 Å². The van der Waals surface area contributed by atoms with E-state index in [-0.39, 0.29) is 5.56 Å². The summed E-state index contributed by atoms with van der Waals surface area (Å²) in [5.41, 5.74) is 0.843. The molecule has 1 nitrogen and oxygen atoms in total. The van der Waals surface area contributed by atoms with Gasteiger partial charge < -0.3 is 5.32 Å². The monoisotopic (exact) mass is 297 g/mol. The third-order valence-corrected chi connectivity index (χ3v) is 3.22. The van der Waals surface area contributed by atoms with Gasteiger partial charge in [0.15, 0.2) is 0 Å². The quantitative estimate of drug-likeness (QED) is 0.755. The highest BCUT2D eigenvalue weighted by molar-refractivity contribution is 5.47. The van der Waals surface area contributed by atoms with Crippen LogP contribution in [0.2, 0.25) is 0 Å². The molecule has 1 N–H and O–H groups in total. The summed E-state index contributed by atoms with van der Waals surface area (Å²) in [5, 5.41) is 2.99. The molecule has 2 aromatic carbocycles. The van der Waals surface area contributed by atoms with E-state index in [9.17, 15) is 17.6 Å². The highest BCUT2D eigenvalue weighted by Crippen LogP contribution is 2.36. The summed E-state index contributed by atoms with van der Waals surface area (Å²) in [6.07, 6.45) is -4.58. The molecule has 0 heterocycles. The van der Waals surface area contributed by atoms with Gasteiger partial charge in [0, 0.05) is 11.7 Å². The lowest BCUT2D eigenvalue weighted by atomic mass is 10.0. The molecule has 0 fully saturated rings. The number of anilines is 1. The maximum absolute atomic E-state index is 13.1. The van der Waals surface area contributed by atoms with Crippen molar-refractivity contribution in [1.29, 1.82) is 0 Å². The highest BCUT2D eigenvalue weighted by atomic mass is 19.4. The summed E-state index contributed by atoms with van der Waals surface area (Å²) in [7, 11) is 0. The third kappa shape index (κ3) is 3.74. The van der Waals surface area contributed by atoms with Crippen molar-refractivity contribution in [3.05, 3.63) is 65.0 Å². The van der Waals surface area contributed by atoms with Gasteiger partial charge in [0.25, 0.3) is 0 Å². The summed E-state index contributed by atoms with van der Waals surface area (Å²) in [5.74, 6) is -0.895. The van der Waals surface area contributed by atoms with Gasteiger partial charge in [-0.15, -0.1) is 0 Å². The fourth-order valence-corrected chi connectivity index (χ4v) is 2.13. The van der Waals surface area contributed by atoms with Gasteiger partial charge in [0.05, 0.1) is 5.56 Å². The standard InChI is InChI=1S/C16H15F4N/c1-10-3-6-13(7-4-10)21-11(2)14-8-5-12(17)9-15(14)16(18,19)20/h3-9,11,21H,1-2H3/t11-/m0/s1. The van der Waals surface area contributed by atoms with Gasteiger partial charge in [-0.1, -0.05) is 23.8 Å². The summed E-state index contributed by atoms with van der Waals surface area (Å²) in [6.45, 7) is 3.54. The second-order valence-electron chi connectivity index (χ2n) is 4.96. The summed E-state index contributed by atoms with van der Waals surface area (Å²) in [4.78, 5) is 0. The van der Waals surface area contributed by atoms with Crippen LogP contribution >= 0.6 is 0 Å². The maximum atomic E-state index is 13.1. The molecule has 2 aromatic rings. The van der Waals surface area contributed by atoms with Gasteiger partial charge in [-0.25, -0.2) is 4.39 Å². The van der Waals surface area contributed by atoms with E-state index in [1.54, 1.807) is 19.1 Å². The molecule has 2 rings (SSSR count). The molecule has 0 bridgehead atoms. The van der Waals surface area contributed by atoms with Crippen molar-refractivity contribution >= 4 is 5.69 Å². The van der Waals surface area contributed by atoms with Gasteiger partial charge in [0.1, 0.15) is 5.82 Å². The second-order valence-corrected chi connectivity index (χ2v) is 4.96. The van der Waals surface area contributed by atoms with Crippen molar-refractivity contribution in [1.82, 2.24) is 0 Å². The lowest BCUT2D eigenvalue weighted by Gasteiger charge is -2.20. The van der Waals surface area contributed by atoms with Crippen molar-refractivity contribution in [3.8, 4) is 0 Å². The van der Waals surface area contributed by atoms with Crippen LogP contribution in [0.5, 0.6) is 0 Å². The normalized spacial score (nSPS) is 13.0. The second kappa shape index (κ2) is 5.76. The molecule has 112 valence electrons. The Balaban J connectivity index is 2.30. The predicted octanol–water partition coefficient (Wildman–Crippen LogP) is 5.33. The van der Waals surface area contributed by atoms with E-state index in [1.807, 2.05) is 19.1 Å². The molecular formula is C16H15F4N. The Hall–Kier alpha value is -2.04. The Bertz CT molecular complexity index is 617. The fourth-order valence-electron chi connectivity index (χ4n) is 2.13. The van der Waals surface area contributed by atoms with E-state index < -0.39 is 23.6 Å². The molecular weight excluding hydrogens is 282 g/mol. The number of halogens is 4. The van der Waals surface area contributed by atoms with E-state index in [1.165, 1.54) is 6.07 Å². The van der Waals surface area contributed by atoms with Gasteiger partial charge in [-0.2, -0.15) is 13.2 Å². The average molecular weight is 297 g/mol. The topological polar surface area (TPSA) is 12.0 Å². The van der Waals surface area contributed by atoms with Crippen LogP contribution in [0, 0.1) is 12.7 Å². The highest BCUT2D eigenvalue weighted by Gasteiger charge is 2.35. The lowest BCUT2D eigenvalue weighted by Crippen LogP contribution is -2.15. The summed E-state index contributed by atoms with van der Waals surface area (Å²) >= 11 is 0. The van der Waals surface area contributed by atoms with E-state index >= 15 is 0 Å². The molecule has 5 heteroatoms. The SMILES string of the molecule is Cc1ccc(N[C@@H](C)c2ccc(F)cc2C(F)(F)F)cc1. The van der Waals surface area contributed by atoms with Crippen LogP contribution in [0.15, 0.2) is 42.5 Å². The minimum Gasteiger partial charge on any atom is -0.379 e. The fraction of sp³-hybridized carbons (Fsp3) is 0.250. The van der Waals surface area contributed by atoms with Crippen LogP contribution in [-0.2, 0) is 6.18 Å². The minimum atomic E-state index is -4.58. The zero-order chi connectivity index (χ0) is 15.6. The van der Waals surface area contributed by atoms with Crippen LogP contribution in [0.25, 0.3) is 0 Å². The van der Waals surface area contributed by atoms with E-state index in [0.717, 1.165) is 11.6 Å². The van der Waals surface area contributed by atoms with Crippen LogP contribution in [0.3, 0.4) is 0 Å². The maximum Gasteiger partial charge on any atom is 0.416 e. The number of aryl methyl sites for hydroxylation is 1. The van der Waals surface area contributed by atoms with Crippen LogP contribution in [0.1, 0.15) is 29.7 Å². The molecule has 21 heavy (non-hydrogen) atoms. The molecule has 0 amide bonds. The van der Waals surface area contributed by atoms with Crippen LogP contribution < -0.4 is 5.32 Å². The van der Waals surface area contributed by atoms with Gasteiger partial charge >= 0.3 is 6.18 Å². The molecule has 0 saturated carbocycles. The number of hydrogen-bond acceptors (Lipinski definition) is 1. The molecule has 0 aromatic heterocycles. The molecule has 0 aliphatic rings. The average Bonchev–Trinajstić information content (AvgIpc) is 2.40. The van der Waals surface area contributed by atoms with Gasteiger partial charge in [0.2, 0.25) is 0 Å². The Kier molecular flexibility index (Phi) is 4.21. The molecule has 0 aliphatic carbocycles. The minimum absolute atomic E-state index is 0.0180. The largest absolute Gasteiger partial charge is 0.416 e. The first-order chi connectivity index (χ1) is 9.77. The molecule has 0 radical (unpaired) electrons. The first-order valence-corrected chi connectivity index (χ1v) is 6.47. The predicted molar refractivity (Wildman–Crippen MR) is 74.6 cm³/mol. The number of benzene rings is 2. The number of hydrogen-bond donors (Lipinski definition) is 1. The zero-order valence-corrected chi connectivity index (χ0v) is 11.6. The van der Waals surface area contributed by atoms with Gasteiger partial charge in [-0.3, -0.25) is 0 Å². The first-order valence-electron chi connectivity index (χ1n) is 6.47. The van der Waals surface area contributed by atoms with Crippen LogP contribution in [0.4, 0.5) is 23.2 Å². The van der Waals surface area contributed by atoms with Crippen molar-refractivity contribution < 1.29 is 17.6 Å².